The van der Waals surface area contributed by atoms with Crippen LogP contribution in [0.5, 0.6) is 0 Å². The van der Waals surface area contributed by atoms with Gasteiger partial charge in [0, 0.05) is 19.3 Å². The number of hydrogen-bond donors (Lipinski definition) is 0. The molecule has 1 unspecified atom stereocenters. The van der Waals surface area contributed by atoms with Gasteiger partial charge in [0.15, 0.2) is 6.10 Å². The Labute approximate surface area is 418 Å². The number of unbranched alkanes of at least 4 members (excludes halogenated alkanes) is 22. The van der Waals surface area contributed by atoms with Crippen molar-refractivity contribution in [1.29, 1.82) is 0 Å². The molecule has 0 aromatic carbocycles. The summed E-state index contributed by atoms with van der Waals surface area (Å²) in [7, 11) is 0. The van der Waals surface area contributed by atoms with Crippen LogP contribution in [0.25, 0.3) is 0 Å². The third kappa shape index (κ3) is 52.8. The smallest absolute Gasteiger partial charge is 0.306 e. The predicted octanol–water partition coefficient (Wildman–Crippen LogP) is 18.5. The number of hydrogen-bond acceptors (Lipinski definition) is 6. The Morgan fingerprint density at radius 3 is 1.10 bits per heavy atom. The van der Waals surface area contributed by atoms with E-state index >= 15 is 0 Å². The molecule has 0 aromatic heterocycles. The molecule has 384 valence electrons. The van der Waals surface area contributed by atoms with Gasteiger partial charge in [-0.25, -0.2) is 0 Å². The van der Waals surface area contributed by atoms with E-state index in [1.54, 1.807) is 0 Å². The highest BCUT2D eigenvalue weighted by Crippen LogP contribution is 2.13. The lowest BCUT2D eigenvalue weighted by Crippen LogP contribution is -2.30. The summed E-state index contributed by atoms with van der Waals surface area (Å²) < 4.78 is 16.8. The standard InChI is InChI=1S/C62H100O6/c1-4-7-10-13-16-19-22-25-28-30-32-34-37-40-43-46-49-52-55-61(64)67-58-59(57-66-60(63)54-51-48-45-42-39-36-33-27-24-21-18-15-12-9-6-3)68-62(65)56-53-50-47-44-41-38-35-31-29-26-23-20-17-14-11-8-5-2/h9,12,15-16,18-19,21-22,24-26,28-30,32,34-35,38,44,47,59H,4-8,10-11,13-14,17,20,23,27,31,33,36-37,39-43,45-46,48-58H2,1-3H3/b12-9-,18-15-,19-16-,24-21-,25-22-,29-26-,30-28-,34-32-,38-35-,47-44-. The molecule has 0 bridgehead atoms. The van der Waals surface area contributed by atoms with E-state index in [1.807, 2.05) is 0 Å². The van der Waals surface area contributed by atoms with E-state index in [0.717, 1.165) is 96.3 Å². The van der Waals surface area contributed by atoms with Gasteiger partial charge < -0.3 is 14.2 Å². The average molecular weight is 941 g/mol. The maximum Gasteiger partial charge on any atom is 0.306 e. The molecule has 0 rings (SSSR count). The first kappa shape index (κ1) is 63.8. The van der Waals surface area contributed by atoms with E-state index in [-0.39, 0.29) is 37.5 Å². The molecule has 0 heterocycles. The largest absolute Gasteiger partial charge is 0.462 e. The Hall–Kier alpha value is -4.19. The summed E-state index contributed by atoms with van der Waals surface area (Å²) in [4.78, 5) is 38.1. The lowest BCUT2D eigenvalue weighted by atomic mass is 10.1. The SMILES string of the molecule is CC\C=C/C=C\C=C/CCCCCCCCCC(=O)OCC(COC(=O)CCCCCCC\C=C/C=C\C=C/C=C\CCCCC)OC(=O)CCC/C=C\C/C=C\C/C=C\CCCCCCCC. The highest BCUT2D eigenvalue weighted by atomic mass is 16.6. The minimum atomic E-state index is -0.823. The lowest BCUT2D eigenvalue weighted by molar-refractivity contribution is -0.167. The molecule has 0 saturated carbocycles. The maximum absolute atomic E-state index is 12.8. The molecule has 1 atom stereocenters. The quantitative estimate of drug-likeness (QED) is 0.0199. The normalized spacial score (nSPS) is 13.0. The van der Waals surface area contributed by atoms with Crippen molar-refractivity contribution < 1.29 is 28.6 Å². The highest BCUT2D eigenvalue weighted by molar-refractivity contribution is 5.71. The Bertz CT molecular complexity index is 1450. The van der Waals surface area contributed by atoms with Crippen molar-refractivity contribution in [3.05, 3.63) is 122 Å². The van der Waals surface area contributed by atoms with Gasteiger partial charge in [-0.15, -0.1) is 0 Å². The minimum Gasteiger partial charge on any atom is -0.462 e. The minimum absolute atomic E-state index is 0.116. The first-order valence-electron chi connectivity index (χ1n) is 27.6. The topological polar surface area (TPSA) is 78.9 Å². The van der Waals surface area contributed by atoms with Crippen LogP contribution in [0.1, 0.15) is 233 Å². The van der Waals surface area contributed by atoms with Crippen LogP contribution in [-0.2, 0) is 28.6 Å². The van der Waals surface area contributed by atoms with E-state index in [9.17, 15) is 14.4 Å². The number of ether oxygens (including phenoxy) is 3. The molecule has 6 heteroatoms. The molecule has 0 aromatic rings. The van der Waals surface area contributed by atoms with Crippen LogP contribution in [0.3, 0.4) is 0 Å². The highest BCUT2D eigenvalue weighted by Gasteiger charge is 2.19. The van der Waals surface area contributed by atoms with E-state index in [0.29, 0.717) is 19.3 Å². The van der Waals surface area contributed by atoms with Gasteiger partial charge in [0.05, 0.1) is 0 Å². The summed E-state index contributed by atoms with van der Waals surface area (Å²) in [6, 6.07) is 0. The predicted molar refractivity (Wildman–Crippen MR) is 293 cm³/mol. The van der Waals surface area contributed by atoms with Crippen molar-refractivity contribution in [2.24, 2.45) is 0 Å². The third-order valence-electron chi connectivity index (χ3n) is 11.3. The Kier molecular flexibility index (Phi) is 52.0. The van der Waals surface area contributed by atoms with E-state index < -0.39 is 6.10 Å². The molecule has 0 amide bonds. The lowest BCUT2D eigenvalue weighted by Gasteiger charge is -2.18. The summed E-state index contributed by atoms with van der Waals surface area (Å²) in [6.45, 7) is 6.38. The van der Waals surface area contributed by atoms with Gasteiger partial charge in [-0.1, -0.05) is 239 Å². The number of esters is 3. The first-order valence-corrected chi connectivity index (χ1v) is 27.6. The van der Waals surface area contributed by atoms with Gasteiger partial charge in [0.1, 0.15) is 13.2 Å². The summed E-state index contributed by atoms with van der Waals surface area (Å²) >= 11 is 0. The van der Waals surface area contributed by atoms with Gasteiger partial charge in [-0.2, -0.15) is 0 Å². The molecule has 0 aliphatic rings. The van der Waals surface area contributed by atoms with Crippen molar-refractivity contribution in [2.75, 3.05) is 13.2 Å². The monoisotopic (exact) mass is 941 g/mol. The molecule has 0 N–H and O–H groups in total. The molecule has 68 heavy (non-hydrogen) atoms. The molecule has 0 spiro atoms. The number of carbonyl (C=O) groups is 3. The Morgan fingerprint density at radius 1 is 0.324 bits per heavy atom. The number of carbonyl (C=O) groups excluding carboxylic acids is 3. The van der Waals surface area contributed by atoms with Crippen molar-refractivity contribution in [3.8, 4) is 0 Å². The van der Waals surface area contributed by atoms with Crippen molar-refractivity contribution in [1.82, 2.24) is 0 Å². The van der Waals surface area contributed by atoms with Crippen LogP contribution in [0.2, 0.25) is 0 Å². The fourth-order valence-electron chi connectivity index (χ4n) is 7.17. The van der Waals surface area contributed by atoms with E-state index in [1.165, 1.54) is 89.9 Å². The average Bonchev–Trinajstić information content (AvgIpc) is 3.34. The van der Waals surface area contributed by atoms with E-state index in [4.69, 9.17) is 14.2 Å². The van der Waals surface area contributed by atoms with Gasteiger partial charge >= 0.3 is 17.9 Å². The van der Waals surface area contributed by atoms with Gasteiger partial charge in [0.2, 0.25) is 0 Å². The summed E-state index contributed by atoms with van der Waals surface area (Å²) in [6.07, 6.45) is 76.1. The molecule has 0 saturated heterocycles. The molecule has 6 nitrogen and oxygen atoms in total. The van der Waals surface area contributed by atoms with Crippen LogP contribution in [0.15, 0.2) is 122 Å². The van der Waals surface area contributed by atoms with Gasteiger partial charge in [0.25, 0.3) is 0 Å². The Morgan fingerprint density at radius 2 is 0.647 bits per heavy atom. The molecule has 0 aliphatic heterocycles. The maximum atomic E-state index is 12.8. The van der Waals surface area contributed by atoms with Crippen LogP contribution in [0.4, 0.5) is 0 Å². The first-order chi connectivity index (χ1) is 33.5. The summed E-state index contributed by atoms with van der Waals surface area (Å²) in [5.41, 5.74) is 0. The van der Waals surface area contributed by atoms with Crippen LogP contribution in [-0.4, -0.2) is 37.2 Å². The van der Waals surface area contributed by atoms with E-state index in [2.05, 4.69) is 142 Å². The second kappa shape index (κ2) is 55.4. The fourth-order valence-corrected chi connectivity index (χ4v) is 7.17. The number of rotatable bonds is 48. The zero-order valence-corrected chi connectivity index (χ0v) is 43.8. The second-order valence-corrected chi connectivity index (χ2v) is 17.9. The van der Waals surface area contributed by atoms with Crippen LogP contribution >= 0.6 is 0 Å². The molecule has 0 radical (unpaired) electrons. The van der Waals surface area contributed by atoms with Crippen LogP contribution in [0, 0.1) is 0 Å². The second-order valence-electron chi connectivity index (χ2n) is 17.9. The summed E-state index contributed by atoms with van der Waals surface area (Å²) in [5.74, 6) is -1.01. The zero-order valence-electron chi connectivity index (χ0n) is 43.8. The summed E-state index contributed by atoms with van der Waals surface area (Å²) in [5, 5.41) is 0. The molecule has 0 fully saturated rings. The molecule has 0 aliphatic carbocycles. The van der Waals surface area contributed by atoms with Gasteiger partial charge in [-0.3, -0.25) is 14.4 Å². The van der Waals surface area contributed by atoms with Crippen molar-refractivity contribution in [2.45, 2.75) is 239 Å². The Balaban J connectivity index is 4.55. The fraction of sp³-hybridized carbons (Fsp3) is 0.629. The molecular weight excluding hydrogens is 841 g/mol. The third-order valence-corrected chi connectivity index (χ3v) is 11.3. The zero-order chi connectivity index (χ0) is 49.3. The van der Waals surface area contributed by atoms with Crippen molar-refractivity contribution in [3.63, 3.8) is 0 Å². The van der Waals surface area contributed by atoms with Gasteiger partial charge in [-0.05, 0) is 96.3 Å². The molecular formula is C62H100O6. The van der Waals surface area contributed by atoms with Crippen LogP contribution < -0.4 is 0 Å². The van der Waals surface area contributed by atoms with Crippen molar-refractivity contribution >= 4 is 17.9 Å². The number of allylic oxidation sites excluding steroid dienone is 20.